The number of benzene rings is 1. The third kappa shape index (κ3) is 2.59. The number of hydrogen-bond acceptors (Lipinski definition) is 1. The number of carbonyl (C=O) groups excluding carboxylic acids is 1. The van der Waals surface area contributed by atoms with E-state index in [1.54, 1.807) is 0 Å². The van der Waals surface area contributed by atoms with Crippen molar-refractivity contribution in [1.29, 1.82) is 0 Å². The number of halogens is 2. The summed E-state index contributed by atoms with van der Waals surface area (Å²) in [6, 6.07) is 8.16. The van der Waals surface area contributed by atoms with Gasteiger partial charge in [0.25, 0.3) is 5.91 Å². The number of nitrogens with zero attached hydrogens (tertiary/aromatic N) is 1. The minimum atomic E-state index is 0.167. The van der Waals surface area contributed by atoms with Crippen molar-refractivity contribution in [2.24, 2.45) is 0 Å². The van der Waals surface area contributed by atoms with Crippen LogP contribution in [0.4, 0.5) is 0 Å². The van der Waals surface area contributed by atoms with Crippen LogP contribution in [0.15, 0.2) is 24.3 Å². The van der Waals surface area contributed by atoms with Crippen LogP contribution < -0.4 is 0 Å². The first kappa shape index (κ1) is 12.4. The molecule has 4 heteroatoms. The van der Waals surface area contributed by atoms with Crippen LogP contribution in [0.3, 0.4) is 0 Å². The molecule has 0 aromatic heterocycles. The standard InChI is InChI=1S/C12H13BrINO/c13-8-11-5-2-6-15(11)12(16)9-3-1-4-10(14)7-9/h1,3-4,7,11H,2,5-6,8H2. The molecule has 1 aliphatic rings. The van der Waals surface area contributed by atoms with Crippen LogP contribution in [-0.2, 0) is 0 Å². The van der Waals surface area contributed by atoms with Crippen molar-refractivity contribution in [2.45, 2.75) is 18.9 Å². The number of likely N-dealkylation sites (tertiary alicyclic amines) is 1. The second-order valence-electron chi connectivity index (χ2n) is 3.96. The molecule has 1 aromatic carbocycles. The topological polar surface area (TPSA) is 20.3 Å². The van der Waals surface area contributed by atoms with E-state index < -0.39 is 0 Å². The molecule has 0 saturated carbocycles. The Balaban J connectivity index is 2.18. The highest BCUT2D eigenvalue weighted by atomic mass is 127. The first-order valence-electron chi connectivity index (χ1n) is 5.35. The van der Waals surface area contributed by atoms with Crippen molar-refractivity contribution < 1.29 is 4.79 Å². The van der Waals surface area contributed by atoms with Crippen molar-refractivity contribution in [1.82, 2.24) is 4.90 Å². The van der Waals surface area contributed by atoms with Gasteiger partial charge < -0.3 is 4.90 Å². The maximum Gasteiger partial charge on any atom is 0.254 e. The number of rotatable bonds is 2. The summed E-state index contributed by atoms with van der Waals surface area (Å²) in [6.45, 7) is 0.889. The second kappa shape index (κ2) is 5.49. The lowest BCUT2D eigenvalue weighted by atomic mass is 10.2. The van der Waals surface area contributed by atoms with Gasteiger partial charge in [-0.2, -0.15) is 0 Å². The molecule has 0 bridgehead atoms. The lowest BCUT2D eigenvalue weighted by Crippen LogP contribution is -2.36. The van der Waals surface area contributed by atoms with Crippen LogP contribution in [0.5, 0.6) is 0 Å². The highest BCUT2D eigenvalue weighted by Gasteiger charge is 2.28. The van der Waals surface area contributed by atoms with E-state index in [1.807, 2.05) is 29.2 Å². The predicted molar refractivity (Wildman–Crippen MR) is 77.0 cm³/mol. The third-order valence-electron chi connectivity index (χ3n) is 2.89. The molecule has 1 heterocycles. The molecule has 1 saturated heterocycles. The molecule has 0 radical (unpaired) electrons. The minimum Gasteiger partial charge on any atom is -0.335 e. The van der Waals surface area contributed by atoms with Crippen LogP contribution in [0.25, 0.3) is 0 Å². The van der Waals surface area contributed by atoms with Gasteiger partial charge in [0, 0.05) is 27.1 Å². The Hall–Kier alpha value is -0.100. The van der Waals surface area contributed by atoms with E-state index in [0.717, 1.165) is 33.9 Å². The first-order valence-corrected chi connectivity index (χ1v) is 7.55. The van der Waals surface area contributed by atoms with Crippen LogP contribution in [0.2, 0.25) is 0 Å². The molecule has 16 heavy (non-hydrogen) atoms. The van der Waals surface area contributed by atoms with Gasteiger partial charge in [-0.05, 0) is 53.6 Å². The Kier molecular flexibility index (Phi) is 4.24. The fourth-order valence-corrected chi connectivity index (χ4v) is 3.27. The van der Waals surface area contributed by atoms with Crippen LogP contribution in [-0.4, -0.2) is 28.7 Å². The minimum absolute atomic E-state index is 0.167. The van der Waals surface area contributed by atoms with Crippen molar-refractivity contribution in [3.8, 4) is 0 Å². The van der Waals surface area contributed by atoms with Crippen molar-refractivity contribution in [2.75, 3.05) is 11.9 Å². The molecule has 1 aromatic rings. The largest absolute Gasteiger partial charge is 0.335 e. The monoisotopic (exact) mass is 393 g/mol. The zero-order chi connectivity index (χ0) is 11.5. The fourth-order valence-electron chi connectivity index (χ4n) is 2.05. The summed E-state index contributed by atoms with van der Waals surface area (Å²) in [6.07, 6.45) is 2.23. The van der Waals surface area contributed by atoms with Crippen LogP contribution in [0.1, 0.15) is 23.2 Å². The highest BCUT2D eigenvalue weighted by molar-refractivity contribution is 14.1. The molecule has 1 fully saturated rings. The van der Waals surface area contributed by atoms with E-state index in [9.17, 15) is 4.79 Å². The summed E-state index contributed by atoms with van der Waals surface area (Å²) in [5, 5.41) is 0.878. The Labute approximate surface area is 118 Å². The highest BCUT2D eigenvalue weighted by Crippen LogP contribution is 2.22. The summed E-state index contributed by atoms with van der Waals surface area (Å²) in [4.78, 5) is 14.3. The number of amides is 1. The van der Waals surface area contributed by atoms with Gasteiger partial charge in [-0.25, -0.2) is 0 Å². The average Bonchev–Trinajstić information content (AvgIpc) is 2.76. The zero-order valence-corrected chi connectivity index (χ0v) is 12.6. The molecular formula is C12H13BrINO. The maximum atomic E-state index is 12.3. The summed E-state index contributed by atoms with van der Waals surface area (Å²) >= 11 is 5.71. The molecule has 0 spiro atoms. The molecule has 2 rings (SSSR count). The summed E-state index contributed by atoms with van der Waals surface area (Å²) < 4.78 is 1.11. The van der Waals surface area contributed by atoms with Crippen molar-refractivity contribution >= 4 is 44.4 Å². The molecule has 1 aliphatic heterocycles. The van der Waals surface area contributed by atoms with E-state index in [-0.39, 0.29) is 5.91 Å². The lowest BCUT2D eigenvalue weighted by Gasteiger charge is -2.23. The Morgan fingerprint density at radius 1 is 1.56 bits per heavy atom. The van der Waals surface area contributed by atoms with Crippen molar-refractivity contribution in [3.05, 3.63) is 33.4 Å². The van der Waals surface area contributed by atoms with Crippen molar-refractivity contribution in [3.63, 3.8) is 0 Å². The Bertz CT molecular complexity index is 396. The number of carbonyl (C=O) groups is 1. The predicted octanol–water partition coefficient (Wildman–Crippen LogP) is 3.29. The summed E-state index contributed by atoms with van der Waals surface area (Å²) in [7, 11) is 0. The molecule has 0 aliphatic carbocycles. The first-order chi connectivity index (χ1) is 7.72. The number of alkyl halides is 1. The van der Waals surface area contributed by atoms with E-state index in [0.29, 0.717) is 6.04 Å². The summed E-state index contributed by atoms with van der Waals surface area (Å²) in [5.74, 6) is 0.167. The van der Waals surface area contributed by atoms with Gasteiger partial charge in [-0.3, -0.25) is 4.79 Å². The van der Waals surface area contributed by atoms with Crippen LogP contribution >= 0.6 is 38.5 Å². The van der Waals surface area contributed by atoms with Gasteiger partial charge in [0.05, 0.1) is 0 Å². The molecule has 86 valence electrons. The molecule has 1 unspecified atom stereocenters. The van der Waals surface area contributed by atoms with Gasteiger partial charge in [0.15, 0.2) is 0 Å². The number of hydrogen-bond donors (Lipinski definition) is 0. The van der Waals surface area contributed by atoms with Gasteiger partial charge in [-0.15, -0.1) is 0 Å². The second-order valence-corrected chi connectivity index (χ2v) is 5.85. The average molecular weight is 394 g/mol. The quantitative estimate of drug-likeness (QED) is 0.557. The lowest BCUT2D eigenvalue weighted by molar-refractivity contribution is 0.0750. The molecule has 2 nitrogen and oxygen atoms in total. The molecular weight excluding hydrogens is 381 g/mol. The summed E-state index contributed by atoms with van der Waals surface area (Å²) in [5.41, 5.74) is 0.805. The third-order valence-corrected chi connectivity index (χ3v) is 4.31. The normalized spacial score (nSPS) is 20.1. The maximum absolute atomic E-state index is 12.3. The van der Waals surface area contributed by atoms with Gasteiger partial charge in [0.1, 0.15) is 0 Å². The van der Waals surface area contributed by atoms with E-state index in [4.69, 9.17) is 0 Å². The molecule has 1 amide bonds. The van der Waals surface area contributed by atoms with E-state index >= 15 is 0 Å². The van der Waals surface area contributed by atoms with E-state index in [2.05, 4.69) is 38.5 Å². The smallest absolute Gasteiger partial charge is 0.254 e. The van der Waals surface area contributed by atoms with Crippen LogP contribution in [0, 0.1) is 3.57 Å². The van der Waals surface area contributed by atoms with Gasteiger partial charge in [0.2, 0.25) is 0 Å². The van der Waals surface area contributed by atoms with Gasteiger partial charge >= 0.3 is 0 Å². The Morgan fingerprint density at radius 3 is 3.06 bits per heavy atom. The molecule has 1 atom stereocenters. The SMILES string of the molecule is O=C(c1cccc(I)c1)N1CCCC1CBr. The Morgan fingerprint density at radius 2 is 2.38 bits per heavy atom. The molecule has 0 N–H and O–H groups in total. The van der Waals surface area contributed by atoms with E-state index in [1.165, 1.54) is 0 Å². The fraction of sp³-hybridized carbons (Fsp3) is 0.417. The van der Waals surface area contributed by atoms with Gasteiger partial charge in [-0.1, -0.05) is 22.0 Å². The zero-order valence-electron chi connectivity index (χ0n) is 8.83.